The van der Waals surface area contributed by atoms with Gasteiger partial charge in [-0.2, -0.15) is 0 Å². The number of aryl methyl sites for hydroxylation is 1. The summed E-state index contributed by atoms with van der Waals surface area (Å²) in [4.78, 5) is 40.5. The van der Waals surface area contributed by atoms with Gasteiger partial charge in [-0.1, -0.05) is 90.5 Å². The van der Waals surface area contributed by atoms with Crippen LogP contribution < -0.4 is 127 Å². The Bertz CT molecular complexity index is 3420. The maximum Gasteiger partial charge on any atom is 1.00 e. The minimum absolute atomic E-state index is 0. The van der Waals surface area contributed by atoms with E-state index in [2.05, 4.69) is 131 Å². The van der Waals surface area contributed by atoms with E-state index in [0.29, 0.717) is 33.8 Å². The topological polar surface area (TPSA) is 108 Å². The van der Waals surface area contributed by atoms with E-state index in [1.165, 1.54) is 48.5 Å². The second kappa shape index (κ2) is 34.2. The fraction of sp³-hybridized carbons (Fsp3) is 0.0303. The molecule has 389 valence electrons. The molecule has 0 aliphatic heterocycles. The fourth-order valence-corrected chi connectivity index (χ4v) is 8.10. The Morgan fingerprint density at radius 1 is 0.450 bits per heavy atom. The molecule has 0 aromatic heterocycles. The number of hydrogen-bond donors (Lipinski definition) is 0. The third-order valence-corrected chi connectivity index (χ3v) is 12.0. The van der Waals surface area contributed by atoms with Crippen molar-refractivity contribution in [1.82, 2.24) is 0 Å². The van der Waals surface area contributed by atoms with Crippen LogP contribution in [0.1, 0.15) is 40.2 Å². The Morgan fingerprint density at radius 2 is 0.713 bits per heavy atom. The van der Waals surface area contributed by atoms with Gasteiger partial charge in [-0.25, -0.2) is 10.2 Å². The van der Waals surface area contributed by atoms with Crippen LogP contribution >= 0.6 is 0 Å². The summed E-state index contributed by atoms with van der Waals surface area (Å²) in [6.07, 6.45) is 0. The van der Waals surface area contributed by atoms with Crippen molar-refractivity contribution < 1.29 is 192 Å². The Kier molecular flexibility index (Phi) is 28.1. The first-order valence-electron chi connectivity index (χ1n) is 24.6. The number of para-hydroxylation sites is 2. The summed E-state index contributed by atoms with van der Waals surface area (Å²) in [5.74, 6) is 1.14. The molecule has 0 amide bonds. The van der Waals surface area contributed by atoms with Gasteiger partial charge in [0, 0.05) is 100 Å². The van der Waals surface area contributed by atoms with E-state index in [-0.39, 0.29) is 166 Å². The maximum absolute atomic E-state index is 12.9. The van der Waals surface area contributed by atoms with Crippen LogP contribution in [0.5, 0.6) is 17.2 Å². The smallest absolute Gasteiger partial charge is 1.00 e. The van der Waals surface area contributed by atoms with Crippen LogP contribution in [0.15, 0.2) is 255 Å². The third kappa shape index (κ3) is 18.6. The number of carbonyl (C=O) groups excluding carboxylic acids is 3. The zero-order valence-corrected chi connectivity index (χ0v) is 55.6. The van der Waals surface area contributed by atoms with Gasteiger partial charge in [0.1, 0.15) is 28.9 Å². The van der Waals surface area contributed by atoms with Crippen molar-refractivity contribution in [3.05, 3.63) is 302 Å². The van der Waals surface area contributed by atoms with E-state index in [1.807, 2.05) is 104 Å². The first-order valence-corrected chi connectivity index (χ1v) is 23.9. The van der Waals surface area contributed by atoms with Crippen molar-refractivity contribution in [3.63, 3.8) is 0 Å². The Labute approximate surface area is 589 Å². The average molecular weight is 1330 g/mol. The molecule has 0 N–H and O–H groups in total. The van der Waals surface area contributed by atoms with Crippen molar-refractivity contribution in [2.45, 2.75) is 6.92 Å². The first kappa shape index (κ1) is 65.6. The van der Waals surface area contributed by atoms with Gasteiger partial charge in [-0.15, -0.1) is 0 Å². The summed E-state index contributed by atoms with van der Waals surface area (Å²) in [5.41, 5.74) is 11.7. The molecule has 0 fully saturated rings. The number of hydrogen-bond acceptors (Lipinski definition) is 9. The summed E-state index contributed by atoms with van der Waals surface area (Å²) in [6, 6.07) is 79.7. The van der Waals surface area contributed by atoms with E-state index < -0.39 is 11.6 Å². The molecule has 10 aromatic carbocycles. The number of anilines is 6. The molecule has 0 aliphatic rings. The summed E-state index contributed by atoms with van der Waals surface area (Å²) in [6.45, 7) is 1.83. The maximum atomic E-state index is 12.9. The van der Waals surface area contributed by atoms with Gasteiger partial charge in [0.2, 0.25) is 0 Å². The number of ether oxygens (including phenoxy) is 2. The van der Waals surface area contributed by atoms with E-state index in [0.717, 1.165) is 56.6 Å². The zero-order chi connectivity index (χ0) is 55.2. The predicted octanol–water partition coefficient (Wildman–Crippen LogP) is 9.83. The summed E-state index contributed by atoms with van der Waals surface area (Å²) in [7, 11) is 4.18. The molecule has 10 aromatic rings. The van der Waals surface area contributed by atoms with Crippen LogP contribution in [-0.2, 0) is 9.68 Å². The fourth-order valence-electron chi connectivity index (χ4n) is 8.10. The summed E-state index contributed by atoms with van der Waals surface area (Å²) < 4.78 is 42.4. The van der Waals surface area contributed by atoms with E-state index in [9.17, 15) is 18.4 Å². The van der Waals surface area contributed by atoms with Crippen molar-refractivity contribution in [2.24, 2.45) is 0 Å². The summed E-state index contributed by atoms with van der Waals surface area (Å²) >= 11 is 0. The average Bonchev–Trinajstić information content (AvgIpc) is 3.57. The van der Waals surface area contributed by atoms with Gasteiger partial charge in [0.25, 0.3) is 6.47 Å². The number of methoxy groups -OCH3 is 1. The molecule has 0 saturated carbocycles. The van der Waals surface area contributed by atoms with Crippen molar-refractivity contribution >= 4 is 52.2 Å². The minimum Gasteiger partial charge on any atom is -1.00 e. The first-order chi connectivity index (χ1) is 38.1. The Hall–Kier alpha value is -5.26. The van der Waals surface area contributed by atoms with Crippen LogP contribution in [0.4, 0.5) is 42.9 Å². The van der Waals surface area contributed by atoms with Gasteiger partial charge >= 0.3 is 103 Å². The van der Waals surface area contributed by atoms with Crippen molar-refractivity contribution in [2.75, 3.05) is 16.9 Å². The number of rotatable bonds is 15. The predicted molar refractivity (Wildman–Crippen MR) is 300 cm³/mol. The number of nitrogens with zero attached hydrogens (tertiary/aromatic N) is 2. The molecule has 9 nitrogen and oxygen atoms in total. The Balaban J connectivity index is 0.000000574. The molecule has 0 bridgehead atoms. The van der Waals surface area contributed by atoms with Crippen LogP contribution in [-0.4, -0.2) is 25.1 Å². The SMILES string of the molecule is COc1ccc(N(c2ccccc2)c2ccc(-c3ccc(N(c4ccccc4)c4ccc(Oc5ccc(C(=O)c6ccc(C)cc6)cc5)cc4)cc3)cc2)cc1.O=C(c1ccc(F)cc1)c1ccc(F)cc1.O=CO[O-].[2H][CH2-].[Ac].[H-].[K+].[K+]. The van der Waals surface area contributed by atoms with Crippen molar-refractivity contribution in [3.8, 4) is 28.4 Å². The molecule has 0 atom stereocenters. The molecule has 0 unspecified atom stereocenters. The number of benzene rings is 10. The van der Waals surface area contributed by atoms with Crippen LogP contribution in [0, 0.1) is 70.0 Å². The molecule has 0 saturated heterocycles. The number of carbonyl (C=O) groups is 3. The molecule has 80 heavy (non-hydrogen) atoms. The minimum atomic E-state index is -0.393. The van der Waals surface area contributed by atoms with Crippen LogP contribution in [0.2, 0.25) is 0 Å². The number of ketones is 2. The second-order valence-electron chi connectivity index (χ2n) is 17.0. The number of halogens is 2. The molecule has 14 heteroatoms. The summed E-state index contributed by atoms with van der Waals surface area (Å²) in [5, 5.41) is 8.43. The Morgan fingerprint density at radius 3 is 1.02 bits per heavy atom. The van der Waals surface area contributed by atoms with E-state index >= 15 is 0 Å². The monoisotopic (exact) mass is 1330 g/mol. The van der Waals surface area contributed by atoms with Gasteiger partial charge < -0.3 is 38.2 Å². The normalized spacial score (nSPS) is 9.90. The molecule has 1 radical (unpaired) electrons. The van der Waals surface area contributed by atoms with Gasteiger partial charge in [0.15, 0.2) is 11.6 Å². The van der Waals surface area contributed by atoms with Crippen molar-refractivity contribution in [1.29, 1.82) is 0 Å². The standard InChI is InChI=1S/C51H40N2O3.C13H8F2O.CH2O3.CH3.Ac.2K.H/c1-37-13-15-40(16-14-37)51(54)41-21-31-49(32-22-41)56-50-35-29-47(30-36-50)53(43-11-7-4-8-12-43)45-25-19-39(20-26-45)38-17-23-44(24-18-38)52(42-9-5-3-6-10-42)46-27-33-48(55-2)34-28-46;14-11-5-1-9(2-6-11)13(16)10-3-7-12(15)8-4-10;2-1-4-3;;;;;/h3-36H,1-2H3;1-8H;1,3H;1H3;;;;/q;;;-1;;2*+1;-1/p-1/i;;;1D;;;;. The van der Waals surface area contributed by atoms with Crippen LogP contribution in [0.25, 0.3) is 11.1 Å². The largest absolute Gasteiger partial charge is 1.00 e. The molecule has 0 spiro atoms. The third-order valence-electron chi connectivity index (χ3n) is 12.0. The second-order valence-corrected chi connectivity index (χ2v) is 17.0. The zero-order valence-electron chi connectivity index (χ0n) is 46.6. The molecule has 0 aliphatic carbocycles. The molecular weight excluding hydrogens is 1280 g/mol. The quantitative estimate of drug-likeness (QED) is 0.0248. The molecule has 0 heterocycles. The molecule has 10 rings (SSSR count). The molecular formula is C66H53AcF2K2N2O7-. The van der Waals surface area contributed by atoms with Gasteiger partial charge in [-0.3, -0.25) is 14.4 Å². The van der Waals surface area contributed by atoms with E-state index in [4.69, 9.17) is 20.9 Å². The van der Waals surface area contributed by atoms with E-state index in [1.54, 1.807) is 7.11 Å². The van der Waals surface area contributed by atoms with Crippen LogP contribution in [0.3, 0.4) is 0 Å². The van der Waals surface area contributed by atoms with Gasteiger partial charge in [-0.05, 0) is 188 Å². The van der Waals surface area contributed by atoms with Gasteiger partial charge in [0.05, 0.1) is 7.11 Å².